The highest BCUT2D eigenvalue weighted by Gasteiger charge is 2.30. The zero-order valence-electron chi connectivity index (χ0n) is 9.21. The van der Waals surface area contributed by atoms with Crippen LogP contribution in [0.3, 0.4) is 0 Å². The topological polar surface area (TPSA) is 21.7 Å². The van der Waals surface area contributed by atoms with Crippen molar-refractivity contribution in [3.63, 3.8) is 0 Å². The van der Waals surface area contributed by atoms with E-state index in [4.69, 9.17) is 21.7 Å². The van der Waals surface area contributed by atoms with Gasteiger partial charge in [0.25, 0.3) is 0 Å². The molecule has 0 atom stereocenters. The van der Waals surface area contributed by atoms with Crippen molar-refractivity contribution in [3.8, 4) is 0 Å². The maximum atomic E-state index is 5.50. The first-order valence-corrected chi connectivity index (χ1v) is 5.42. The molecule has 0 aliphatic carbocycles. The molecule has 0 aromatic heterocycles. The van der Waals surface area contributed by atoms with Gasteiger partial charge in [-0.05, 0) is 19.8 Å². The molecule has 1 fully saturated rings. The Kier molecular flexibility index (Phi) is 4.29. The van der Waals surface area contributed by atoms with Gasteiger partial charge in [0.15, 0.2) is 5.79 Å². The van der Waals surface area contributed by atoms with Crippen LogP contribution in [-0.4, -0.2) is 43.0 Å². The second kappa shape index (κ2) is 5.05. The van der Waals surface area contributed by atoms with Crippen LogP contribution in [0.2, 0.25) is 0 Å². The Hall–Kier alpha value is -0.190. The Morgan fingerprint density at radius 1 is 1.36 bits per heavy atom. The van der Waals surface area contributed by atoms with Crippen molar-refractivity contribution in [3.05, 3.63) is 0 Å². The highest BCUT2D eigenvalue weighted by molar-refractivity contribution is 7.80. The van der Waals surface area contributed by atoms with Crippen molar-refractivity contribution in [1.29, 1.82) is 0 Å². The zero-order valence-corrected chi connectivity index (χ0v) is 10.0. The minimum atomic E-state index is -0.359. The van der Waals surface area contributed by atoms with Crippen molar-refractivity contribution in [2.24, 2.45) is 0 Å². The smallest absolute Gasteiger partial charge is 0.165 e. The van der Waals surface area contributed by atoms with E-state index in [0.29, 0.717) is 13.2 Å². The van der Waals surface area contributed by atoms with E-state index < -0.39 is 0 Å². The average Bonchev–Trinajstić information content (AvgIpc) is 2.52. The molecule has 0 radical (unpaired) electrons. The van der Waals surface area contributed by atoms with Crippen LogP contribution >= 0.6 is 12.2 Å². The molecule has 3 nitrogen and oxygen atoms in total. The molecule has 0 unspecified atom stereocenters. The highest BCUT2D eigenvalue weighted by atomic mass is 32.1. The van der Waals surface area contributed by atoms with Crippen LogP contribution in [0.5, 0.6) is 0 Å². The molecule has 0 saturated carbocycles. The van der Waals surface area contributed by atoms with E-state index in [2.05, 4.69) is 0 Å². The lowest BCUT2D eigenvalue weighted by Gasteiger charge is -2.22. The molecule has 0 amide bonds. The maximum absolute atomic E-state index is 5.50. The fourth-order valence-corrected chi connectivity index (χ4v) is 1.63. The van der Waals surface area contributed by atoms with Gasteiger partial charge in [-0.3, -0.25) is 0 Å². The van der Waals surface area contributed by atoms with Gasteiger partial charge in [-0.1, -0.05) is 12.2 Å². The molecule has 82 valence electrons. The van der Waals surface area contributed by atoms with Crippen LogP contribution in [0.1, 0.15) is 26.2 Å². The summed E-state index contributed by atoms with van der Waals surface area (Å²) in [4.78, 5) is 2.97. The molecular formula is C10H19NO2S. The van der Waals surface area contributed by atoms with E-state index >= 15 is 0 Å². The van der Waals surface area contributed by atoms with Crippen LogP contribution in [-0.2, 0) is 9.47 Å². The highest BCUT2D eigenvalue weighted by Crippen LogP contribution is 2.24. The summed E-state index contributed by atoms with van der Waals surface area (Å²) >= 11 is 5.20. The van der Waals surface area contributed by atoms with Gasteiger partial charge in [0.05, 0.1) is 18.2 Å². The minimum absolute atomic E-state index is 0.359. The maximum Gasteiger partial charge on any atom is 0.165 e. The lowest BCUT2D eigenvalue weighted by Crippen LogP contribution is -2.26. The minimum Gasteiger partial charge on any atom is -0.372 e. The first kappa shape index (κ1) is 11.9. The molecule has 1 rings (SSSR count). The molecule has 4 heteroatoms. The number of thiocarbonyl (C=S) groups is 1. The van der Waals surface area contributed by atoms with Crippen LogP contribution in [0.15, 0.2) is 0 Å². The molecular weight excluding hydrogens is 198 g/mol. The Morgan fingerprint density at radius 3 is 2.43 bits per heavy atom. The summed E-state index contributed by atoms with van der Waals surface area (Å²) in [5, 5.41) is 0. The number of rotatable bonds is 4. The fraction of sp³-hybridized carbons (Fsp3) is 0.900. The second-order valence-corrected chi connectivity index (χ2v) is 4.44. The quantitative estimate of drug-likeness (QED) is 0.669. The molecule has 1 heterocycles. The van der Waals surface area contributed by atoms with Gasteiger partial charge in [-0.15, -0.1) is 0 Å². The van der Waals surface area contributed by atoms with Gasteiger partial charge >= 0.3 is 0 Å². The van der Waals surface area contributed by atoms with Crippen molar-refractivity contribution in [2.75, 3.05) is 27.3 Å². The summed E-state index contributed by atoms with van der Waals surface area (Å²) in [6.07, 6.45) is 2.87. The second-order valence-electron chi connectivity index (χ2n) is 3.97. The Bertz CT molecular complexity index is 200. The predicted molar refractivity (Wildman–Crippen MR) is 60.4 cm³/mol. The van der Waals surface area contributed by atoms with Gasteiger partial charge in [0, 0.05) is 20.5 Å². The summed E-state index contributed by atoms with van der Waals surface area (Å²) in [6.45, 7) is 3.43. The number of ether oxygens (including phenoxy) is 2. The molecule has 1 saturated heterocycles. The third-order valence-corrected chi connectivity index (χ3v) is 2.99. The molecule has 1 aliphatic heterocycles. The van der Waals surface area contributed by atoms with E-state index in [1.807, 2.05) is 25.9 Å². The van der Waals surface area contributed by atoms with Gasteiger partial charge in [-0.25, -0.2) is 0 Å². The van der Waals surface area contributed by atoms with E-state index in [0.717, 1.165) is 24.3 Å². The summed E-state index contributed by atoms with van der Waals surface area (Å²) in [5.41, 5.74) is 0. The third kappa shape index (κ3) is 3.52. The number of hydrogen-bond acceptors (Lipinski definition) is 3. The standard InChI is InChI=1S/C10H19NO2S/c1-10(12-7-8-13-10)6-4-5-9(14)11(2)3/h4-8H2,1-3H3. The monoisotopic (exact) mass is 217 g/mol. The first-order chi connectivity index (χ1) is 6.53. The molecule has 14 heavy (non-hydrogen) atoms. The molecule has 0 spiro atoms. The Labute approximate surface area is 91.4 Å². The summed E-state index contributed by atoms with van der Waals surface area (Å²) in [5.74, 6) is -0.359. The fourth-order valence-electron chi connectivity index (χ4n) is 1.49. The van der Waals surface area contributed by atoms with Crippen LogP contribution in [0, 0.1) is 0 Å². The first-order valence-electron chi connectivity index (χ1n) is 5.01. The van der Waals surface area contributed by atoms with E-state index in [1.165, 1.54) is 0 Å². The van der Waals surface area contributed by atoms with Crippen LogP contribution in [0.4, 0.5) is 0 Å². The van der Waals surface area contributed by atoms with Gasteiger partial charge in [0.2, 0.25) is 0 Å². The lowest BCUT2D eigenvalue weighted by molar-refractivity contribution is -0.147. The summed E-state index contributed by atoms with van der Waals surface area (Å²) in [7, 11) is 3.96. The Balaban J connectivity index is 2.17. The lowest BCUT2D eigenvalue weighted by atomic mass is 10.1. The van der Waals surface area contributed by atoms with Crippen LogP contribution in [0.25, 0.3) is 0 Å². The third-order valence-electron chi connectivity index (χ3n) is 2.42. The van der Waals surface area contributed by atoms with Crippen molar-refractivity contribution in [2.45, 2.75) is 32.0 Å². The van der Waals surface area contributed by atoms with E-state index in [1.54, 1.807) is 0 Å². The molecule has 0 aromatic rings. The van der Waals surface area contributed by atoms with Gasteiger partial charge in [0.1, 0.15) is 0 Å². The van der Waals surface area contributed by atoms with Crippen molar-refractivity contribution >= 4 is 17.2 Å². The van der Waals surface area contributed by atoms with Gasteiger partial charge < -0.3 is 14.4 Å². The van der Waals surface area contributed by atoms with Gasteiger partial charge in [-0.2, -0.15) is 0 Å². The number of nitrogens with zero attached hydrogens (tertiary/aromatic N) is 1. The normalized spacial score (nSPS) is 19.6. The molecule has 0 N–H and O–H groups in total. The molecule has 0 aromatic carbocycles. The zero-order chi connectivity index (χ0) is 10.6. The Morgan fingerprint density at radius 2 is 1.93 bits per heavy atom. The van der Waals surface area contributed by atoms with E-state index in [9.17, 15) is 0 Å². The largest absolute Gasteiger partial charge is 0.372 e. The summed E-state index contributed by atoms with van der Waals surface area (Å²) in [6, 6.07) is 0. The molecule has 0 bridgehead atoms. The van der Waals surface area contributed by atoms with Crippen LogP contribution < -0.4 is 0 Å². The number of hydrogen-bond donors (Lipinski definition) is 0. The molecule has 1 aliphatic rings. The average molecular weight is 217 g/mol. The predicted octanol–water partition coefficient (Wildman–Crippen LogP) is 1.81. The van der Waals surface area contributed by atoms with Crippen molar-refractivity contribution in [1.82, 2.24) is 4.90 Å². The van der Waals surface area contributed by atoms with E-state index in [-0.39, 0.29) is 5.79 Å². The van der Waals surface area contributed by atoms with Crippen molar-refractivity contribution < 1.29 is 9.47 Å². The summed E-state index contributed by atoms with van der Waals surface area (Å²) < 4.78 is 11.0. The SMILES string of the molecule is CN(C)C(=S)CCCC1(C)OCCO1.